The van der Waals surface area contributed by atoms with Gasteiger partial charge in [-0.3, -0.25) is 14.5 Å². The zero-order valence-electron chi connectivity index (χ0n) is 16.4. The van der Waals surface area contributed by atoms with Crippen molar-refractivity contribution in [1.82, 2.24) is 20.4 Å². The highest BCUT2D eigenvalue weighted by Crippen LogP contribution is 2.27. The van der Waals surface area contributed by atoms with Crippen molar-refractivity contribution in [2.24, 2.45) is 0 Å². The maximum absolute atomic E-state index is 12.9. The molecule has 4 rings (SSSR count). The van der Waals surface area contributed by atoms with Gasteiger partial charge < -0.3 is 10.1 Å². The Hall–Kier alpha value is -3.19. The summed E-state index contributed by atoms with van der Waals surface area (Å²) in [4.78, 5) is 27.3. The van der Waals surface area contributed by atoms with Gasteiger partial charge in [0.2, 0.25) is 0 Å². The van der Waals surface area contributed by atoms with E-state index in [1.54, 1.807) is 31.4 Å². The van der Waals surface area contributed by atoms with Crippen LogP contribution in [0.5, 0.6) is 5.75 Å². The van der Waals surface area contributed by atoms with E-state index in [0.29, 0.717) is 17.3 Å². The first kappa shape index (κ1) is 19.1. The lowest BCUT2D eigenvalue weighted by Gasteiger charge is -2.28. The smallest absolute Gasteiger partial charge is 0.272 e. The fourth-order valence-electron chi connectivity index (χ4n) is 3.92. The second kappa shape index (κ2) is 8.45. The molecule has 7 heteroatoms. The van der Waals surface area contributed by atoms with Gasteiger partial charge in [-0.05, 0) is 49.7 Å². The molecular formula is C22H24N4O3. The van der Waals surface area contributed by atoms with E-state index in [1.807, 2.05) is 18.2 Å². The topological polar surface area (TPSA) is 87.3 Å². The summed E-state index contributed by atoms with van der Waals surface area (Å²) >= 11 is 0. The van der Waals surface area contributed by atoms with Crippen LogP contribution in [0.3, 0.4) is 0 Å². The van der Waals surface area contributed by atoms with Crippen LogP contribution in [0.2, 0.25) is 0 Å². The third-order valence-electron chi connectivity index (χ3n) is 5.43. The van der Waals surface area contributed by atoms with Gasteiger partial charge in [0, 0.05) is 11.9 Å². The number of likely N-dealkylation sites (tertiary alicyclic amines) is 1. The average molecular weight is 392 g/mol. The van der Waals surface area contributed by atoms with Gasteiger partial charge in [0.05, 0.1) is 18.5 Å². The molecule has 1 aliphatic rings. The third kappa shape index (κ3) is 4.00. The Morgan fingerprint density at radius 1 is 1.17 bits per heavy atom. The van der Waals surface area contributed by atoms with E-state index in [0.717, 1.165) is 37.2 Å². The number of nitrogens with one attached hydrogen (secondary N) is 2. The minimum atomic E-state index is -0.302. The van der Waals surface area contributed by atoms with Crippen molar-refractivity contribution in [1.29, 1.82) is 0 Å². The minimum Gasteiger partial charge on any atom is -0.497 e. The molecule has 0 radical (unpaired) electrons. The van der Waals surface area contributed by atoms with Crippen LogP contribution in [0.15, 0.2) is 53.3 Å². The fourth-order valence-corrected chi connectivity index (χ4v) is 3.92. The monoisotopic (exact) mass is 392 g/mol. The highest BCUT2D eigenvalue weighted by atomic mass is 16.5. The zero-order valence-corrected chi connectivity index (χ0v) is 16.4. The van der Waals surface area contributed by atoms with Crippen molar-refractivity contribution in [3.05, 3.63) is 70.1 Å². The highest BCUT2D eigenvalue weighted by molar-refractivity contribution is 6.04. The van der Waals surface area contributed by atoms with Gasteiger partial charge in [-0.1, -0.05) is 30.3 Å². The fraction of sp³-hybridized carbons (Fsp3) is 0.318. The lowest BCUT2D eigenvalue weighted by molar-refractivity contribution is 0.0933. The predicted octanol–water partition coefficient (Wildman–Crippen LogP) is 2.50. The normalized spacial score (nSPS) is 15.3. The molecule has 2 aromatic carbocycles. The van der Waals surface area contributed by atoms with E-state index < -0.39 is 0 Å². The Morgan fingerprint density at radius 3 is 2.69 bits per heavy atom. The summed E-state index contributed by atoms with van der Waals surface area (Å²) in [6, 6.07) is 15.0. The van der Waals surface area contributed by atoms with Gasteiger partial charge in [-0.25, -0.2) is 5.10 Å². The number of ether oxygens (including phenoxy) is 1. The molecule has 1 saturated heterocycles. The summed E-state index contributed by atoms with van der Waals surface area (Å²) in [6.07, 6.45) is 2.31. The number of rotatable bonds is 6. The van der Waals surface area contributed by atoms with E-state index in [1.165, 1.54) is 0 Å². The first-order chi connectivity index (χ1) is 14.2. The molecule has 0 spiro atoms. The number of carbonyl (C=O) groups is 1. The standard InChI is InChI=1S/C22H24N4O3/c1-29-16-8-6-7-15(13-16)19(26-11-4-5-12-26)14-23-22(28)20-17-9-2-3-10-18(17)21(27)25-24-20/h2-3,6-10,13,19H,4-5,11-12,14H2,1H3,(H,23,28)(H,25,27)/t19-/m0/s1. The van der Waals surface area contributed by atoms with Crippen LogP contribution in [-0.4, -0.2) is 47.7 Å². The molecule has 1 aliphatic heterocycles. The van der Waals surface area contributed by atoms with Crippen molar-refractivity contribution in [2.45, 2.75) is 18.9 Å². The van der Waals surface area contributed by atoms with Crippen molar-refractivity contribution in [3.63, 3.8) is 0 Å². The molecule has 7 nitrogen and oxygen atoms in total. The second-order valence-electron chi connectivity index (χ2n) is 7.19. The summed E-state index contributed by atoms with van der Waals surface area (Å²) in [5.74, 6) is 0.496. The number of aromatic amines is 1. The number of benzene rings is 2. The molecule has 0 bridgehead atoms. The van der Waals surface area contributed by atoms with Gasteiger partial charge in [-0.2, -0.15) is 5.10 Å². The summed E-state index contributed by atoms with van der Waals surface area (Å²) in [6.45, 7) is 2.44. The number of carbonyl (C=O) groups excluding carboxylic acids is 1. The molecule has 1 aromatic heterocycles. The van der Waals surface area contributed by atoms with Crippen LogP contribution in [0, 0.1) is 0 Å². The second-order valence-corrected chi connectivity index (χ2v) is 7.19. The summed E-state index contributed by atoms with van der Waals surface area (Å²) in [5.41, 5.74) is 1.03. The Bertz CT molecular complexity index is 1070. The molecule has 1 fully saturated rings. The number of hydrogen-bond donors (Lipinski definition) is 2. The molecular weight excluding hydrogens is 368 g/mol. The first-order valence-corrected chi connectivity index (χ1v) is 9.81. The van der Waals surface area contributed by atoms with E-state index in [-0.39, 0.29) is 23.2 Å². The van der Waals surface area contributed by atoms with Crippen molar-refractivity contribution >= 4 is 16.7 Å². The molecule has 1 amide bonds. The molecule has 0 saturated carbocycles. The third-order valence-corrected chi connectivity index (χ3v) is 5.43. The van der Waals surface area contributed by atoms with Gasteiger partial charge >= 0.3 is 0 Å². The molecule has 3 aromatic rings. The van der Waals surface area contributed by atoms with E-state index in [9.17, 15) is 9.59 Å². The molecule has 29 heavy (non-hydrogen) atoms. The number of methoxy groups -OCH3 is 1. The summed E-state index contributed by atoms with van der Waals surface area (Å²) in [7, 11) is 1.65. The molecule has 0 aliphatic carbocycles. The Morgan fingerprint density at radius 2 is 1.93 bits per heavy atom. The summed E-state index contributed by atoms with van der Waals surface area (Å²) in [5, 5.41) is 10.4. The quantitative estimate of drug-likeness (QED) is 0.673. The number of hydrogen-bond acceptors (Lipinski definition) is 5. The Balaban J connectivity index is 1.58. The van der Waals surface area contributed by atoms with Crippen LogP contribution in [-0.2, 0) is 0 Å². The van der Waals surface area contributed by atoms with Crippen molar-refractivity contribution in [3.8, 4) is 5.75 Å². The highest BCUT2D eigenvalue weighted by Gasteiger charge is 2.25. The van der Waals surface area contributed by atoms with Crippen LogP contribution in [0.1, 0.15) is 34.9 Å². The first-order valence-electron chi connectivity index (χ1n) is 9.81. The van der Waals surface area contributed by atoms with Crippen LogP contribution < -0.4 is 15.6 Å². The molecule has 0 unspecified atom stereocenters. The molecule has 2 heterocycles. The van der Waals surface area contributed by atoms with Gasteiger partial charge in [-0.15, -0.1) is 0 Å². The van der Waals surface area contributed by atoms with Crippen LogP contribution in [0.4, 0.5) is 0 Å². The van der Waals surface area contributed by atoms with E-state index in [2.05, 4.69) is 26.5 Å². The molecule has 1 atom stereocenters. The van der Waals surface area contributed by atoms with E-state index >= 15 is 0 Å². The zero-order chi connectivity index (χ0) is 20.2. The van der Waals surface area contributed by atoms with Crippen LogP contribution >= 0.6 is 0 Å². The maximum atomic E-state index is 12.9. The van der Waals surface area contributed by atoms with Crippen molar-refractivity contribution < 1.29 is 9.53 Å². The largest absolute Gasteiger partial charge is 0.497 e. The number of fused-ring (bicyclic) bond motifs is 1. The number of amides is 1. The summed E-state index contributed by atoms with van der Waals surface area (Å²) < 4.78 is 5.37. The number of aromatic nitrogens is 2. The number of H-pyrrole nitrogens is 1. The minimum absolute atomic E-state index is 0.0468. The maximum Gasteiger partial charge on any atom is 0.272 e. The number of nitrogens with zero attached hydrogens (tertiary/aromatic N) is 2. The van der Waals surface area contributed by atoms with Gasteiger partial charge in [0.1, 0.15) is 5.75 Å². The molecule has 150 valence electrons. The van der Waals surface area contributed by atoms with Crippen LogP contribution in [0.25, 0.3) is 10.8 Å². The predicted molar refractivity (Wildman–Crippen MR) is 111 cm³/mol. The Kier molecular flexibility index (Phi) is 5.57. The SMILES string of the molecule is COc1cccc([C@H](CNC(=O)c2n[nH]c(=O)c3ccccc23)N2CCCC2)c1. The van der Waals surface area contributed by atoms with Gasteiger partial charge in [0.15, 0.2) is 5.69 Å². The van der Waals surface area contributed by atoms with Gasteiger partial charge in [0.25, 0.3) is 11.5 Å². The lowest BCUT2D eigenvalue weighted by Crippen LogP contribution is -2.37. The van der Waals surface area contributed by atoms with E-state index in [4.69, 9.17) is 4.74 Å². The Labute approximate surface area is 168 Å². The average Bonchev–Trinajstić information content (AvgIpc) is 3.29. The molecule has 2 N–H and O–H groups in total. The van der Waals surface area contributed by atoms with Crippen molar-refractivity contribution in [2.75, 3.05) is 26.7 Å². The lowest BCUT2D eigenvalue weighted by atomic mass is 10.0.